The molecule has 0 spiro atoms. The maximum Gasteiger partial charge on any atom is 0.238 e. The zero-order chi connectivity index (χ0) is 13.8. The van der Waals surface area contributed by atoms with E-state index in [-0.39, 0.29) is 18.1 Å². The Bertz CT molecular complexity index is 463. The third-order valence-corrected chi connectivity index (χ3v) is 3.49. The van der Waals surface area contributed by atoms with Crippen molar-refractivity contribution in [3.8, 4) is 0 Å². The SMILES string of the molecule is CN(CC(=O)Nc1ccc(Cl)cc1F)C1CCNC1. The van der Waals surface area contributed by atoms with E-state index in [9.17, 15) is 9.18 Å². The maximum absolute atomic E-state index is 13.5. The lowest BCUT2D eigenvalue weighted by Crippen LogP contribution is -2.39. The predicted octanol–water partition coefficient (Wildman–Crippen LogP) is 1.71. The Labute approximate surface area is 116 Å². The highest BCUT2D eigenvalue weighted by atomic mass is 35.5. The van der Waals surface area contributed by atoms with Gasteiger partial charge in [0.15, 0.2) is 0 Å². The van der Waals surface area contributed by atoms with Gasteiger partial charge >= 0.3 is 0 Å². The first-order valence-electron chi connectivity index (χ1n) is 6.22. The van der Waals surface area contributed by atoms with Gasteiger partial charge in [-0.2, -0.15) is 0 Å². The van der Waals surface area contributed by atoms with Crippen molar-refractivity contribution in [2.24, 2.45) is 0 Å². The number of amides is 1. The summed E-state index contributed by atoms with van der Waals surface area (Å²) in [7, 11) is 1.90. The lowest BCUT2D eigenvalue weighted by Gasteiger charge is -2.22. The van der Waals surface area contributed by atoms with Crippen LogP contribution >= 0.6 is 11.6 Å². The number of hydrogen-bond donors (Lipinski definition) is 2. The molecular formula is C13H17ClFN3O. The van der Waals surface area contributed by atoms with Gasteiger partial charge in [0, 0.05) is 17.6 Å². The monoisotopic (exact) mass is 285 g/mol. The van der Waals surface area contributed by atoms with E-state index in [0.717, 1.165) is 19.5 Å². The summed E-state index contributed by atoms with van der Waals surface area (Å²) in [5, 5.41) is 6.11. The number of halogens is 2. The van der Waals surface area contributed by atoms with Crippen molar-refractivity contribution in [1.82, 2.24) is 10.2 Å². The largest absolute Gasteiger partial charge is 0.322 e. The molecule has 1 heterocycles. The smallest absolute Gasteiger partial charge is 0.238 e. The summed E-state index contributed by atoms with van der Waals surface area (Å²) in [5.41, 5.74) is 0.160. The summed E-state index contributed by atoms with van der Waals surface area (Å²) < 4.78 is 13.5. The van der Waals surface area contributed by atoms with E-state index in [1.54, 1.807) is 6.07 Å². The van der Waals surface area contributed by atoms with E-state index in [1.807, 2.05) is 11.9 Å². The topological polar surface area (TPSA) is 44.4 Å². The van der Waals surface area contributed by atoms with Crippen molar-refractivity contribution in [3.05, 3.63) is 29.0 Å². The Balaban J connectivity index is 1.89. The minimum atomic E-state index is -0.522. The normalized spacial score (nSPS) is 18.8. The van der Waals surface area contributed by atoms with Crippen molar-refractivity contribution in [2.45, 2.75) is 12.5 Å². The molecule has 1 aromatic rings. The van der Waals surface area contributed by atoms with Crippen LogP contribution in [0.4, 0.5) is 10.1 Å². The van der Waals surface area contributed by atoms with Crippen LogP contribution in [0.1, 0.15) is 6.42 Å². The van der Waals surface area contributed by atoms with Crippen LogP contribution in [-0.4, -0.2) is 43.5 Å². The van der Waals surface area contributed by atoms with Gasteiger partial charge in [0.1, 0.15) is 5.82 Å². The summed E-state index contributed by atoms with van der Waals surface area (Å²) >= 11 is 5.66. The quantitative estimate of drug-likeness (QED) is 0.885. The number of nitrogens with one attached hydrogen (secondary N) is 2. The molecule has 2 rings (SSSR count). The second-order valence-corrected chi connectivity index (χ2v) is 5.17. The fourth-order valence-electron chi connectivity index (χ4n) is 2.15. The molecule has 6 heteroatoms. The van der Waals surface area contributed by atoms with Gasteiger partial charge in [0.2, 0.25) is 5.91 Å². The van der Waals surface area contributed by atoms with Crippen LogP contribution in [0.3, 0.4) is 0 Å². The minimum absolute atomic E-state index is 0.160. The second kappa shape index (κ2) is 6.32. The molecule has 0 aromatic heterocycles. The van der Waals surface area contributed by atoms with E-state index in [4.69, 9.17) is 11.6 Å². The summed E-state index contributed by atoms with van der Waals surface area (Å²) in [6.45, 7) is 2.11. The van der Waals surface area contributed by atoms with Crippen molar-refractivity contribution in [2.75, 3.05) is 32.0 Å². The Morgan fingerprint density at radius 3 is 3.05 bits per heavy atom. The van der Waals surface area contributed by atoms with Gasteiger partial charge < -0.3 is 10.6 Å². The van der Waals surface area contributed by atoms with Crippen molar-refractivity contribution in [1.29, 1.82) is 0 Å². The highest BCUT2D eigenvalue weighted by Gasteiger charge is 2.21. The maximum atomic E-state index is 13.5. The van der Waals surface area contributed by atoms with Crippen LogP contribution in [0.25, 0.3) is 0 Å². The van der Waals surface area contributed by atoms with Crippen LogP contribution in [0.5, 0.6) is 0 Å². The third-order valence-electron chi connectivity index (χ3n) is 3.26. The lowest BCUT2D eigenvalue weighted by atomic mass is 10.2. The van der Waals surface area contributed by atoms with Gasteiger partial charge in [-0.05, 0) is 38.2 Å². The molecule has 1 aliphatic heterocycles. The summed E-state index contributed by atoms with van der Waals surface area (Å²) in [6.07, 6.45) is 1.03. The molecule has 1 amide bonds. The predicted molar refractivity (Wildman–Crippen MR) is 73.9 cm³/mol. The number of anilines is 1. The van der Waals surface area contributed by atoms with Crippen LogP contribution in [0, 0.1) is 5.82 Å². The number of carbonyl (C=O) groups is 1. The molecule has 104 valence electrons. The van der Waals surface area contributed by atoms with Crippen molar-refractivity contribution < 1.29 is 9.18 Å². The van der Waals surface area contributed by atoms with Crippen molar-refractivity contribution >= 4 is 23.2 Å². The van der Waals surface area contributed by atoms with E-state index < -0.39 is 5.82 Å². The van der Waals surface area contributed by atoms with E-state index in [1.165, 1.54) is 12.1 Å². The Hall–Kier alpha value is -1.17. The molecule has 0 saturated carbocycles. The van der Waals surface area contributed by atoms with Gasteiger partial charge in [0.25, 0.3) is 0 Å². The summed E-state index contributed by atoms with van der Waals surface area (Å²) in [4.78, 5) is 13.8. The molecular weight excluding hydrogens is 269 g/mol. The first-order valence-corrected chi connectivity index (χ1v) is 6.60. The lowest BCUT2D eigenvalue weighted by molar-refractivity contribution is -0.117. The zero-order valence-electron chi connectivity index (χ0n) is 10.7. The highest BCUT2D eigenvalue weighted by Crippen LogP contribution is 2.18. The van der Waals surface area contributed by atoms with Gasteiger partial charge in [-0.1, -0.05) is 11.6 Å². The number of likely N-dealkylation sites (N-methyl/N-ethyl adjacent to an activating group) is 1. The number of hydrogen-bond acceptors (Lipinski definition) is 3. The van der Waals surface area contributed by atoms with Crippen LogP contribution in [0.2, 0.25) is 5.02 Å². The molecule has 1 unspecified atom stereocenters. The second-order valence-electron chi connectivity index (χ2n) is 4.73. The molecule has 1 fully saturated rings. The average molecular weight is 286 g/mol. The van der Waals surface area contributed by atoms with Crippen LogP contribution in [0.15, 0.2) is 18.2 Å². The molecule has 0 radical (unpaired) electrons. The minimum Gasteiger partial charge on any atom is -0.322 e. The number of nitrogens with zero attached hydrogens (tertiary/aromatic N) is 1. The first-order chi connectivity index (χ1) is 9.06. The fourth-order valence-corrected chi connectivity index (χ4v) is 2.31. The molecule has 19 heavy (non-hydrogen) atoms. The van der Waals surface area contributed by atoms with Gasteiger partial charge in [-0.25, -0.2) is 4.39 Å². The molecule has 1 aliphatic rings. The number of benzene rings is 1. The Kier molecular flexibility index (Phi) is 4.74. The van der Waals surface area contributed by atoms with Gasteiger partial charge in [-0.3, -0.25) is 9.69 Å². The zero-order valence-corrected chi connectivity index (χ0v) is 11.5. The van der Waals surface area contributed by atoms with E-state index in [2.05, 4.69) is 10.6 Å². The highest BCUT2D eigenvalue weighted by molar-refractivity contribution is 6.30. The average Bonchev–Trinajstić information content (AvgIpc) is 2.86. The molecule has 0 aliphatic carbocycles. The van der Waals surface area contributed by atoms with E-state index in [0.29, 0.717) is 11.1 Å². The third kappa shape index (κ3) is 3.89. The molecule has 1 aromatic carbocycles. The molecule has 4 nitrogen and oxygen atoms in total. The molecule has 1 atom stereocenters. The first kappa shape index (κ1) is 14.2. The standard InChI is InChI=1S/C13H17ClFN3O/c1-18(10-4-5-16-7-10)8-13(19)17-12-3-2-9(14)6-11(12)15/h2-3,6,10,16H,4-5,7-8H2,1H3,(H,17,19). The molecule has 1 saturated heterocycles. The Morgan fingerprint density at radius 2 is 2.42 bits per heavy atom. The van der Waals surface area contributed by atoms with E-state index >= 15 is 0 Å². The number of carbonyl (C=O) groups excluding carboxylic acids is 1. The molecule has 0 bridgehead atoms. The molecule has 2 N–H and O–H groups in total. The van der Waals surface area contributed by atoms with Gasteiger partial charge in [0.05, 0.1) is 12.2 Å². The summed E-state index contributed by atoms with van der Waals surface area (Å²) in [5.74, 6) is -0.748. The van der Waals surface area contributed by atoms with Gasteiger partial charge in [-0.15, -0.1) is 0 Å². The Morgan fingerprint density at radius 1 is 1.63 bits per heavy atom. The summed E-state index contributed by atoms with van der Waals surface area (Å²) in [6, 6.07) is 4.56. The fraction of sp³-hybridized carbons (Fsp3) is 0.462. The number of rotatable bonds is 4. The van der Waals surface area contributed by atoms with Crippen molar-refractivity contribution in [3.63, 3.8) is 0 Å². The van der Waals surface area contributed by atoms with Crippen LogP contribution < -0.4 is 10.6 Å². The van der Waals surface area contributed by atoms with Crippen LogP contribution in [-0.2, 0) is 4.79 Å².